The van der Waals surface area contributed by atoms with Gasteiger partial charge in [0.1, 0.15) is 0 Å². The summed E-state index contributed by atoms with van der Waals surface area (Å²) < 4.78 is 46.0. The lowest BCUT2D eigenvalue weighted by Crippen LogP contribution is -2.26. The molecular weight excluding hydrogens is 715 g/mol. The van der Waals surface area contributed by atoms with Crippen LogP contribution < -0.4 is 9.80 Å². The Morgan fingerprint density at radius 3 is 1.71 bits per heavy atom. The molecule has 0 fully saturated rings. The van der Waals surface area contributed by atoms with E-state index in [9.17, 15) is 0 Å². The quantitative estimate of drug-likeness (QED) is 0.167. The molecule has 0 radical (unpaired) electrons. The zero-order chi connectivity index (χ0) is 43.4. The Labute approximate surface area is 351 Å². The summed E-state index contributed by atoms with van der Waals surface area (Å²) in [5.74, 6) is 0. The molecule has 1 aromatic heterocycles. The number of hydrogen-bond acceptors (Lipinski definition) is 2. The minimum absolute atomic E-state index is 0.0986. The van der Waals surface area contributed by atoms with Crippen molar-refractivity contribution in [2.24, 2.45) is 7.05 Å². The van der Waals surface area contributed by atoms with Crippen LogP contribution in [-0.2, 0) is 12.5 Å². The third kappa shape index (κ3) is 4.76. The topological polar surface area (TPSA) is 11.4 Å². The molecule has 1 spiro atoms. The molecule has 2 aliphatic carbocycles. The first kappa shape index (κ1) is 28.7. The fourth-order valence-corrected chi connectivity index (χ4v) is 10.1. The molecule has 59 heavy (non-hydrogen) atoms. The Balaban J connectivity index is 1.12. The SMILES string of the molecule is [2H]c1c([2H])c([2H])c(N(c2ccccc2)c2ccc3c(c2)-c2ccccc2C32c3ccccc3-c3ccc(N(c4ccccc4)c4cccc5c6ccccc6n(C)c45)cc32)c([2H])c1[2H]. The van der Waals surface area contributed by atoms with Gasteiger partial charge in [0, 0.05) is 51.8 Å². The highest BCUT2D eigenvalue weighted by atomic mass is 15.2. The zero-order valence-corrected chi connectivity index (χ0v) is 32.2. The molecule has 12 rings (SSSR count). The number of nitrogens with zero attached hydrogens (tertiary/aromatic N) is 3. The predicted octanol–water partition coefficient (Wildman–Crippen LogP) is 14.6. The van der Waals surface area contributed by atoms with Crippen LogP contribution in [0, 0.1) is 0 Å². The van der Waals surface area contributed by atoms with Gasteiger partial charge in [-0.1, -0.05) is 146 Å². The fraction of sp³-hybridized carbons (Fsp3) is 0.0357. The molecule has 1 heterocycles. The molecule has 1 atom stereocenters. The van der Waals surface area contributed by atoms with E-state index in [2.05, 4.69) is 168 Å². The van der Waals surface area contributed by atoms with E-state index < -0.39 is 11.5 Å². The summed E-state index contributed by atoms with van der Waals surface area (Å²) in [6.45, 7) is 0. The lowest BCUT2D eigenvalue weighted by molar-refractivity contribution is 0.793. The average Bonchev–Trinajstić information content (AvgIpc) is 3.93. The Morgan fingerprint density at radius 1 is 0.407 bits per heavy atom. The highest BCUT2D eigenvalue weighted by molar-refractivity contribution is 6.13. The molecular formula is C56H39N3. The van der Waals surface area contributed by atoms with Crippen molar-refractivity contribution in [1.82, 2.24) is 4.57 Å². The maximum absolute atomic E-state index is 9.07. The number of aryl methyl sites for hydroxylation is 1. The highest BCUT2D eigenvalue weighted by Crippen LogP contribution is 2.64. The van der Waals surface area contributed by atoms with Gasteiger partial charge in [-0.15, -0.1) is 0 Å². The summed E-state index contributed by atoms with van der Waals surface area (Å²) in [6, 6.07) is 64.4. The third-order valence-electron chi connectivity index (χ3n) is 12.5. The standard InChI is InChI=1S/C56H39N3/c1-57-53-30-16-13-26-46(53)47-27-17-31-54(55(47)57)59(40-22-9-4-10-23-40)42-32-34-45-43-24-11-14-28-49(43)56(52(45)37-42)50-29-15-12-25-44(50)48-36-41(33-35-51(48)56)58(38-18-5-2-6-19-38)39-20-7-3-8-21-39/h2-37H,1H3/i2D,5D,6D,18D,19D. The largest absolute Gasteiger partial charge is 0.342 e. The first-order chi connectivity index (χ1) is 31.3. The first-order valence-corrected chi connectivity index (χ1v) is 20.0. The summed E-state index contributed by atoms with van der Waals surface area (Å²) in [7, 11) is 2.16. The van der Waals surface area contributed by atoms with Crippen LogP contribution in [0.4, 0.5) is 34.1 Å². The lowest BCUT2D eigenvalue weighted by atomic mass is 9.70. The third-order valence-corrected chi connectivity index (χ3v) is 12.5. The summed E-state index contributed by atoms with van der Waals surface area (Å²) in [6.07, 6.45) is 0. The Morgan fingerprint density at radius 2 is 0.966 bits per heavy atom. The van der Waals surface area contributed by atoms with Gasteiger partial charge in [-0.3, -0.25) is 0 Å². The second-order valence-electron chi connectivity index (χ2n) is 15.4. The maximum atomic E-state index is 9.07. The Bertz CT molecular complexity index is 3520. The molecule has 10 aromatic rings. The van der Waals surface area contributed by atoms with E-state index in [1.165, 1.54) is 44.1 Å². The molecule has 0 saturated heterocycles. The number of fused-ring (bicyclic) bond motifs is 13. The highest BCUT2D eigenvalue weighted by Gasteiger charge is 2.52. The molecule has 0 bridgehead atoms. The minimum Gasteiger partial charge on any atom is -0.342 e. The van der Waals surface area contributed by atoms with Gasteiger partial charge in [0.15, 0.2) is 0 Å². The Kier molecular flexibility index (Phi) is 6.31. The first-order valence-electron chi connectivity index (χ1n) is 22.5. The van der Waals surface area contributed by atoms with Crippen LogP contribution in [0.5, 0.6) is 0 Å². The van der Waals surface area contributed by atoms with Gasteiger partial charge in [-0.2, -0.15) is 0 Å². The summed E-state index contributed by atoms with van der Waals surface area (Å²) in [4.78, 5) is 4.19. The van der Waals surface area contributed by atoms with Gasteiger partial charge >= 0.3 is 0 Å². The number of rotatable bonds is 6. The van der Waals surface area contributed by atoms with Gasteiger partial charge in [0.2, 0.25) is 0 Å². The van der Waals surface area contributed by atoms with E-state index in [1.54, 1.807) is 4.90 Å². The fourth-order valence-electron chi connectivity index (χ4n) is 10.1. The van der Waals surface area contributed by atoms with Crippen molar-refractivity contribution in [1.29, 1.82) is 0 Å². The van der Waals surface area contributed by atoms with Crippen molar-refractivity contribution in [3.8, 4) is 22.3 Å². The molecule has 278 valence electrons. The second-order valence-corrected chi connectivity index (χ2v) is 15.4. The van der Waals surface area contributed by atoms with Crippen molar-refractivity contribution in [2.45, 2.75) is 5.41 Å². The van der Waals surface area contributed by atoms with E-state index in [0.29, 0.717) is 11.4 Å². The molecule has 1 unspecified atom stereocenters. The van der Waals surface area contributed by atoms with Gasteiger partial charge in [0.05, 0.1) is 23.5 Å². The summed E-state index contributed by atoms with van der Waals surface area (Å²) in [5, 5.41) is 2.42. The number of hydrogen-bond donors (Lipinski definition) is 0. The van der Waals surface area contributed by atoms with Gasteiger partial charge in [-0.25, -0.2) is 0 Å². The van der Waals surface area contributed by atoms with Crippen molar-refractivity contribution in [3.05, 3.63) is 241 Å². The smallest absolute Gasteiger partial charge is 0.0733 e. The zero-order valence-electron chi connectivity index (χ0n) is 37.2. The van der Waals surface area contributed by atoms with Crippen LogP contribution in [0.2, 0.25) is 0 Å². The van der Waals surface area contributed by atoms with Crippen molar-refractivity contribution in [3.63, 3.8) is 0 Å². The molecule has 0 N–H and O–H groups in total. The van der Waals surface area contributed by atoms with E-state index in [0.717, 1.165) is 39.3 Å². The second kappa shape index (κ2) is 13.0. The van der Waals surface area contributed by atoms with Crippen molar-refractivity contribution in [2.75, 3.05) is 9.80 Å². The van der Waals surface area contributed by atoms with Crippen LogP contribution in [0.3, 0.4) is 0 Å². The van der Waals surface area contributed by atoms with Crippen molar-refractivity contribution < 1.29 is 6.85 Å². The molecule has 0 saturated carbocycles. The van der Waals surface area contributed by atoms with E-state index in [-0.39, 0.29) is 29.9 Å². The van der Waals surface area contributed by atoms with Crippen molar-refractivity contribution >= 4 is 55.9 Å². The van der Waals surface area contributed by atoms with Crippen LogP contribution in [-0.4, -0.2) is 4.57 Å². The van der Waals surface area contributed by atoms with Crippen LogP contribution in [0.1, 0.15) is 29.1 Å². The molecule has 0 aliphatic heterocycles. The number of aromatic nitrogens is 1. The van der Waals surface area contributed by atoms with E-state index >= 15 is 0 Å². The molecule has 3 nitrogen and oxygen atoms in total. The molecule has 2 aliphatic rings. The van der Waals surface area contributed by atoms with Gasteiger partial charge in [0.25, 0.3) is 0 Å². The minimum atomic E-state index is -0.686. The van der Waals surface area contributed by atoms with Gasteiger partial charge in [-0.05, 0) is 117 Å². The summed E-state index contributed by atoms with van der Waals surface area (Å²) in [5.41, 5.74) is 15.4. The summed E-state index contributed by atoms with van der Waals surface area (Å²) >= 11 is 0. The Hall–Kier alpha value is -7.62. The number of benzene rings is 9. The van der Waals surface area contributed by atoms with Crippen LogP contribution in [0.25, 0.3) is 44.1 Å². The molecule has 0 amide bonds. The monoisotopic (exact) mass is 758 g/mol. The van der Waals surface area contributed by atoms with E-state index in [1.807, 2.05) is 36.4 Å². The number of anilines is 6. The predicted molar refractivity (Wildman–Crippen MR) is 246 cm³/mol. The molecule has 3 heteroatoms. The van der Waals surface area contributed by atoms with Crippen LogP contribution in [0.15, 0.2) is 218 Å². The lowest BCUT2D eigenvalue weighted by Gasteiger charge is -2.33. The maximum Gasteiger partial charge on any atom is 0.0733 e. The normalized spacial score (nSPS) is 15.8. The van der Waals surface area contributed by atoms with Gasteiger partial charge < -0.3 is 14.4 Å². The van der Waals surface area contributed by atoms with Crippen LogP contribution >= 0.6 is 0 Å². The van der Waals surface area contributed by atoms with E-state index in [4.69, 9.17) is 6.85 Å². The number of para-hydroxylation sites is 5. The molecule has 9 aromatic carbocycles. The average molecular weight is 759 g/mol.